The molecule has 4 rings (SSSR count). The SMILES string of the molecule is O=c1[nH]c2cc(Nc3ccccc3)ccc2n1CCCc1cnc[nH]1. The molecule has 3 N–H and O–H groups in total. The predicted molar refractivity (Wildman–Crippen MR) is 99.2 cm³/mol. The van der Waals surface area contributed by atoms with Crippen LogP contribution >= 0.6 is 0 Å². The summed E-state index contributed by atoms with van der Waals surface area (Å²) in [6, 6.07) is 15.9. The lowest BCUT2D eigenvalue weighted by molar-refractivity contribution is 0.635. The highest BCUT2D eigenvalue weighted by molar-refractivity contribution is 5.80. The van der Waals surface area contributed by atoms with E-state index in [-0.39, 0.29) is 5.69 Å². The van der Waals surface area contributed by atoms with Crippen molar-refractivity contribution in [3.05, 3.63) is 77.2 Å². The van der Waals surface area contributed by atoms with E-state index in [1.165, 1.54) is 0 Å². The highest BCUT2D eigenvalue weighted by Gasteiger charge is 2.07. The van der Waals surface area contributed by atoms with Gasteiger partial charge in [0.05, 0.1) is 17.4 Å². The van der Waals surface area contributed by atoms with E-state index in [0.29, 0.717) is 6.54 Å². The van der Waals surface area contributed by atoms with E-state index in [0.717, 1.165) is 40.9 Å². The summed E-state index contributed by atoms with van der Waals surface area (Å²) in [6.07, 6.45) is 5.24. The van der Waals surface area contributed by atoms with Crippen LogP contribution < -0.4 is 11.0 Å². The van der Waals surface area contributed by atoms with Gasteiger partial charge in [-0.25, -0.2) is 9.78 Å². The van der Waals surface area contributed by atoms with Crippen molar-refractivity contribution in [1.82, 2.24) is 19.5 Å². The van der Waals surface area contributed by atoms with Crippen molar-refractivity contribution >= 4 is 22.4 Å². The van der Waals surface area contributed by atoms with Crippen LogP contribution in [0.1, 0.15) is 12.1 Å². The van der Waals surface area contributed by atoms with Gasteiger partial charge in [-0.1, -0.05) is 18.2 Å². The van der Waals surface area contributed by atoms with Gasteiger partial charge in [0.2, 0.25) is 0 Å². The number of aryl methyl sites for hydroxylation is 2. The highest BCUT2D eigenvalue weighted by atomic mass is 16.1. The Balaban J connectivity index is 1.53. The topological polar surface area (TPSA) is 78.5 Å². The highest BCUT2D eigenvalue weighted by Crippen LogP contribution is 2.20. The number of benzene rings is 2. The number of hydrogen-bond acceptors (Lipinski definition) is 3. The monoisotopic (exact) mass is 333 g/mol. The molecule has 25 heavy (non-hydrogen) atoms. The van der Waals surface area contributed by atoms with Crippen LogP contribution in [0.2, 0.25) is 0 Å². The maximum atomic E-state index is 12.3. The Morgan fingerprint density at radius 3 is 2.76 bits per heavy atom. The molecule has 2 heterocycles. The lowest BCUT2D eigenvalue weighted by atomic mass is 10.2. The zero-order valence-corrected chi connectivity index (χ0v) is 13.7. The Bertz CT molecular complexity index is 1020. The molecule has 0 saturated heterocycles. The fraction of sp³-hybridized carbons (Fsp3) is 0.158. The Labute approximate surface area is 144 Å². The summed E-state index contributed by atoms with van der Waals surface area (Å²) in [6.45, 7) is 0.670. The first-order valence-electron chi connectivity index (χ1n) is 8.31. The van der Waals surface area contributed by atoms with Gasteiger partial charge < -0.3 is 15.3 Å². The summed E-state index contributed by atoms with van der Waals surface area (Å²) in [5.41, 5.74) is 4.74. The number of imidazole rings is 2. The first-order valence-corrected chi connectivity index (χ1v) is 8.31. The number of hydrogen-bond donors (Lipinski definition) is 3. The smallest absolute Gasteiger partial charge is 0.326 e. The summed E-state index contributed by atoms with van der Waals surface area (Å²) in [4.78, 5) is 22.3. The molecule has 6 heteroatoms. The van der Waals surface area contributed by atoms with Crippen molar-refractivity contribution in [2.75, 3.05) is 5.32 Å². The Hall–Kier alpha value is -3.28. The second-order valence-corrected chi connectivity index (χ2v) is 5.99. The van der Waals surface area contributed by atoms with Crippen molar-refractivity contribution in [2.45, 2.75) is 19.4 Å². The van der Waals surface area contributed by atoms with Gasteiger partial charge in [0, 0.05) is 29.8 Å². The van der Waals surface area contributed by atoms with Crippen LogP contribution in [0, 0.1) is 0 Å². The van der Waals surface area contributed by atoms with Crippen molar-refractivity contribution in [3.8, 4) is 0 Å². The minimum atomic E-state index is -0.0727. The first-order chi connectivity index (χ1) is 12.3. The van der Waals surface area contributed by atoms with Crippen LogP contribution in [0.4, 0.5) is 11.4 Å². The van der Waals surface area contributed by atoms with Gasteiger partial charge >= 0.3 is 5.69 Å². The van der Waals surface area contributed by atoms with E-state index in [1.54, 1.807) is 10.9 Å². The van der Waals surface area contributed by atoms with Gasteiger partial charge in [0.1, 0.15) is 0 Å². The number of aromatic amines is 2. The fourth-order valence-corrected chi connectivity index (χ4v) is 3.00. The molecule has 0 saturated carbocycles. The predicted octanol–water partition coefficient (Wildman–Crippen LogP) is 3.43. The lowest BCUT2D eigenvalue weighted by Crippen LogP contribution is -2.17. The quantitative estimate of drug-likeness (QED) is 0.506. The minimum Gasteiger partial charge on any atom is -0.355 e. The van der Waals surface area contributed by atoms with E-state index in [2.05, 4.69) is 20.3 Å². The van der Waals surface area contributed by atoms with Crippen molar-refractivity contribution in [3.63, 3.8) is 0 Å². The number of nitrogens with zero attached hydrogens (tertiary/aromatic N) is 2. The van der Waals surface area contributed by atoms with Crippen LogP contribution in [-0.4, -0.2) is 19.5 Å². The second-order valence-electron chi connectivity index (χ2n) is 5.99. The van der Waals surface area contributed by atoms with Gasteiger partial charge in [-0.3, -0.25) is 4.57 Å². The molecule has 0 unspecified atom stereocenters. The number of rotatable bonds is 6. The number of aromatic nitrogens is 4. The Morgan fingerprint density at radius 2 is 1.96 bits per heavy atom. The summed E-state index contributed by atoms with van der Waals surface area (Å²) in [5.74, 6) is 0. The molecule has 2 aromatic carbocycles. The normalized spacial score (nSPS) is 11.0. The standard InChI is InChI=1S/C19H19N5O/c25-19-23-17-11-15(22-14-5-2-1-3-6-14)8-9-18(17)24(19)10-4-7-16-12-20-13-21-16/h1-3,5-6,8-9,11-13,22H,4,7,10H2,(H,20,21)(H,23,25). The number of anilines is 2. The van der Waals surface area contributed by atoms with Crippen molar-refractivity contribution in [2.24, 2.45) is 0 Å². The molecule has 2 aromatic heterocycles. The van der Waals surface area contributed by atoms with Gasteiger partial charge in [-0.2, -0.15) is 0 Å². The average molecular weight is 333 g/mol. The molecule has 0 radical (unpaired) electrons. The molecule has 0 spiro atoms. The molecule has 0 amide bonds. The average Bonchev–Trinajstić information content (AvgIpc) is 3.24. The maximum Gasteiger partial charge on any atom is 0.326 e. The fourth-order valence-electron chi connectivity index (χ4n) is 3.00. The van der Waals surface area contributed by atoms with Crippen LogP contribution in [0.3, 0.4) is 0 Å². The third-order valence-corrected chi connectivity index (χ3v) is 4.22. The lowest BCUT2D eigenvalue weighted by Gasteiger charge is -2.07. The molecule has 0 aliphatic carbocycles. The Kier molecular flexibility index (Phi) is 4.08. The van der Waals surface area contributed by atoms with E-state index in [1.807, 2.05) is 54.7 Å². The van der Waals surface area contributed by atoms with Crippen molar-refractivity contribution in [1.29, 1.82) is 0 Å². The molecule has 0 aliphatic heterocycles. The largest absolute Gasteiger partial charge is 0.355 e. The zero-order valence-electron chi connectivity index (χ0n) is 13.7. The third kappa shape index (κ3) is 3.33. The minimum absolute atomic E-state index is 0.0727. The van der Waals surface area contributed by atoms with Gasteiger partial charge in [-0.15, -0.1) is 0 Å². The third-order valence-electron chi connectivity index (χ3n) is 4.22. The van der Waals surface area contributed by atoms with Crippen molar-refractivity contribution < 1.29 is 0 Å². The zero-order chi connectivity index (χ0) is 17.1. The summed E-state index contributed by atoms with van der Waals surface area (Å²) >= 11 is 0. The molecule has 0 aliphatic rings. The van der Waals surface area contributed by atoms with Crippen LogP contribution in [0.5, 0.6) is 0 Å². The summed E-state index contributed by atoms with van der Waals surface area (Å²) in [7, 11) is 0. The van der Waals surface area contributed by atoms with Crippen LogP contribution in [-0.2, 0) is 13.0 Å². The number of fused-ring (bicyclic) bond motifs is 1. The number of para-hydroxylation sites is 1. The molecular weight excluding hydrogens is 314 g/mol. The number of nitrogens with one attached hydrogen (secondary N) is 3. The van der Waals surface area contributed by atoms with Gasteiger partial charge in [0.25, 0.3) is 0 Å². The Morgan fingerprint density at radius 1 is 1.08 bits per heavy atom. The number of H-pyrrole nitrogens is 2. The molecule has 4 aromatic rings. The van der Waals surface area contributed by atoms with Crippen LogP contribution in [0.15, 0.2) is 65.8 Å². The summed E-state index contributed by atoms with van der Waals surface area (Å²) in [5, 5.41) is 3.34. The van der Waals surface area contributed by atoms with Gasteiger partial charge in [-0.05, 0) is 43.2 Å². The van der Waals surface area contributed by atoms with E-state index in [4.69, 9.17) is 0 Å². The van der Waals surface area contributed by atoms with E-state index >= 15 is 0 Å². The van der Waals surface area contributed by atoms with Gasteiger partial charge in [0.15, 0.2) is 0 Å². The molecular formula is C19H19N5O. The van der Waals surface area contributed by atoms with Crippen LogP contribution in [0.25, 0.3) is 11.0 Å². The second kappa shape index (κ2) is 6.68. The molecule has 0 bridgehead atoms. The molecule has 0 fully saturated rings. The molecule has 126 valence electrons. The maximum absolute atomic E-state index is 12.3. The first kappa shape index (κ1) is 15.3. The molecule has 0 atom stereocenters. The molecule has 6 nitrogen and oxygen atoms in total. The van der Waals surface area contributed by atoms with E-state index in [9.17, 15) is 4.79 Å². The summed E-state index contributed by atoms with van der Waals surface area (Å²) < 4.78 is 1.79. The van der Waals surface area contributed by atoms with E-state index < -0.39 is 0 Å².